The van der Waals surface area contributed by atoms with Crippen molar-refractivity contribution in [3.63, 3.8) is 0 Å². The molecule has 2 rings (SSSR count). The lowest BCUT2D eigenvalue weighted by Gasteiger charge is -2.17. The largest absolute Gasteiger partial charge is 0.472 e. The maximum atomic E-state index is 5.63. The summed E-state index contributed by atoms with van der Waals surface area (Å²) in [5.74, 6) is 0. The van der Waals surface area contributed by atoms with E-state index >= 15 is 0 Å². The predicted octanol–water partition coefficient (Wildman–Crippen LogP) is 2.85. The summed E-state index contributed by atoms with van der Waals surface area (Å²) in [5.41, 5.74) is 10.2. The second-order valence-electron chi connectivity index (χ2n) is 4.81. The Labute approximate surface area is 119 Å². The van der Waals surface area contributed by atoms with Crippen molar-refractivity contribution < 1.29 is 4.42 Å². The number of rotatable bonds is 5. The van der Waals surface area contributed by atoms with Crippen molar-refractivity contribution in [1.82, 2.24) is 4.90 Å². The number of hydrogen-bond donors (Lipinski definition) is 1. The Kier molecular flexibility index (Phi) is 4.35. The van der Waals surface area contributed by atoms with E-state index in [0.29, 0.717) is 4.99 Å². The summed E-state index contributed by atoms with van der Waals surface area (Å²) in [6.07, 6.45) is 3.48. The van der Waals surface area contributed by atoms with Crippen LogP contribution in [0, 0.1) is 6.92 Å². The number of aryl methyl sites for hydroxylation is 1. The van der Waals surface area contributed by atoms with E-state index in [1.165, 1.54) is 16.7 Å². The van der Waals surface area contributed by atoms with Crippen LogP contribution in [0.25, 0.3) is 0 Å². The van der Waals surface area contributed by atoms with Crippen molar-refractivity contribution in [3.8, 4) is 0 Å². The molecule has 0 aliphatic carbocycles. The lowest BCUT2D eigenvalue weighted by Crippen LogP contribution is -2.18. The number of hydrogen-bond acceptors (Lipinski definition) is 3. The van der Waals surface area contributed by atoms with Crippen molar-refractivity contribution in [1.29, 1.82) is 0 Å². The van der Waals surface area contributed by atoms with Gasteiger partial charge in [0.2, 0.25) is 0 Å². The van der Waals surface area contributed by atoms with E-state index in [9.17, 15) is 0 Å². The highest BCUT2D eigenvalue weighted by Crippen LogP contribution is 2.14. The molecule has 0 saturated carbocycles. The fourth-order valence-corrected chi connectivity index (χ4v) is 2.19. The van der Waals surface area contributed by atoms with Crippen LogP contribution in [0.5, 0.6) is 0 Å². The number of furan rings is 1. The molecular formula is C15H18N2OS. The summed E-state index contributed by atoms with van der Waals surface area (Å²) in [6.45, 7) is 3.84. The number of nitrogens with zero attached hydrogens (tertiary/aromatic N) is 1. The fraction of sp³-hybridized carbons (Fsp3) is 0.267. The topological polar surface area (TPSA) is 42.4 Å². The Bertz CT molecular complexity index is 564. The fourth-order valence-electron chi connectivity index (χ4n) is 2.07. The zero-order valence-corrected chi connectivity index (χ0v) is 12.0. The first-order chi connectivity index (χ1) is 9.06. The van der Waals surface area contributed by atoms with Gasteiger partial charge in [-0.2, -0.15) is 0 Å². The quantitative estimate of drug-likeness (QED) is 0.851. The Morgan fingerprint density at radius 1 is 1.32 bits per heavy atom. The molecule has 0 unspecified atom stereocenters. The van der Waals surface area contributed by atoms with Crippen LogP contribution in [-0.2, 0) is 13.1 Å². The standard InChI is InChI=1S/C15H18N2OS/c1-11-7-13(15(16)19)3-4-14(11)9-17(2)8-12-5-6-18-10-12/h3-7,10H,8-9H2,1-2H3,(H2,16,19). The molecule has 4 heteroatoms. The molecule has 0 fully saturated rings. The van der Waals surface area contributed by atoms with Crippen LogP contribution < -0.4 is 5.73 Å². The first-order valence-corrected chi connectivity index (χ1v) is 6.56. The molecule has 1 aromatic heterocycles. The first-order valence-electron chi connectivity index (χ1n) is 6.15. The van der Waals surface area contributed by atoms with Crippen LogP contribution in [0.15, 0.2) is 41.2 Å². The highest BCUT2D eigenvalue weighted by atomic mass is 32.1. The smallest absolute Gasteiger partial charge is 0.103 e. The van der Waals surface area contributed by atoms with Gasteiger partial charge in [0.15, 0.2) is 0 Å². The van der Waals surface area contributed by atoms with Crippen molar-refractivity contribution in [2.75, 3.05) is 7.05 Å². The third-order valence-electron chi connectivity index (χ3n) is 3.10. The lowest BCUT2D eigenvalue weighted by atomic mass is 10.0. The van der Waals surface area contributed by atoms with Crippen molar-refractivity contribution in [3.05, 3.63) is 59.0 Å². The average Bonchev–Trinajstić information content (AvgIpc) is 2.84. The zero-order chi connectivity index (χ0) is 13.8. The SMILES string of the molecule is Cc1cc(C(N)=S)ccc1CN(C)Cc1ccoc1. The number of thiocarbonyl (C=S) groups is 1. The van der Waals surface area contributed by atoms with Gasteiger partial charge < -0.3 is 10.2 Å². The molecule has 0 aliphatic rings. The van der Waals surface area contributed by atoms with Crippen LogP contribution >= 0.6 is 12.2 Å². The van der Waals surface area contributed by atoms with Crippen LogP contribution in [0.1, 0.15) is 22.3 Å². The van der Waals surface area contributed by atoms with Gasteiger partial charge in [0.05, 0.1) is 12.5 Å². The molecule has 1 aromatic carbocycles. The summed E-state index contributed by atoms with van der Waals surface area (Å²) in [6, 6.07) is 8.11. The Hall–Kier alpha value is -1.65. The molecule has 0 amide bonds. The highest BCUT2D eigenvalue weighted by Gasteiger charge is 2.06. The Morgan fingerprint density at radius 3 is 2.68 bits per heavy atom. The van der Waals surface area contributed by atoms with E-state index in [1.807, 2.05) is 18.2 Å². The van der Waals surface area contributed by atoms with E-state index in [2.05, 4.69) is 24.9 Å². The predicted molar refractivity (Wildman–Crippen MR) is 80.9 cm³/mol. The number of benzene rings is 1. The van der Waals surface area contributed by atoms with Crippen LogP contribution in [-0.4, -0.2) is 16.9 Å². The van der Waals surface area contributed by atoms with E-state index in [0.717, 1.165) is 18.7 Å². The number of nitrogens with two attached hydrogens (primary N) is 1. The van der Waals surface area contributed by atoms with Gasteiger partial charge in [-0.3, -0.25) is 4.90 Å². The highest BCUT2D eigenvalue weighted by molar-refractivity contribution is 7.80. The first kappa shape index (κ1) is 13.8. The molecule has 0 radical (unpaired) electrons. The summed E-state index contributed by atoms with van der Waals surface area (Å²) < 4.78 is 5.08. The zero-order valence-electron chi connectivity index (χ0n) is 11.2. The van der Waals surface area contributed by atoms with Crippen molar-refractivity contribution in [2.45, 2.75) is 20.0 Å². The van der Waals surface area contributed by atoms with E-state index in [-0.39, 0.29) is 0 Å². The summed E-state index contributed by atoms with van der Waals surface area (Å²) in [4.78, 5) is 2.69. The molecule has 100 valence electrons. The third-order valence-corrected chi connectivity index (χ3v) is 3.34. The summed E-state index contributed by atoms with van der Waals surface area (Å²) in [5, 5.41) is 0. The third kappa shape index (κ3) is 3.66. The summed E-state index contributed by atoms with van der Waals surface area (Å²) in [7, 11) is 2.09. The maximum absolute atomic E-state index is 5.63. The van der Waals surface area contributed by atoms with Crippen LogP contribution in [0.2, 0.25) is 0 Å². The molecule has 1 heterocycles. The van der Waals surface area contributed by atoms with E-state index in [1.54, 1.807) is 12.5 Å². The molecule has 3 nitrogen and oxygen atoms in total. The Morgan fingerprint density at radius 2 is 2.11 bits per heavy atom. The normalized spacial score (nSPS) is 10.9. The van der Waals surface area contributed by atoms with Crippen molar-refractivity contribution >= 4 is 17.2 Å². The van der Waals surface area contributed by atoms with Gasteiger partial charge in [-0.05, 0) is 37.2 Å². The molecule has 0 saturated heterocycles. The minimum Gasteiger partial charge on any atom is -0.472 e. The minimum atomic E-state index is 0.446. The van der Waals surface area contributed by atoms with E-state index in [4.69, 9.17) is 22.4 Å². The molecule has 19 heavy (non-hydrogen) atoms. The van der Waals surface area contributed by atoms with Crippen LogP contribution in [0.3, 0.4) is 0 Å². The second kappa shape index (κ2) is 5.99. The van der Waals surface area contributed by atoms with Gasteiger partial charge in [-0.15, -0.1) is 0 Å². The van der Waals surface area contributed by atoms with Gasteiger partial charge in [0.25, 0.3) is 0 Å². The lowest BCUT2D eigenvalue weighted by molar-refractivity contribution is 0.317. The maximum Gasteiger partial charge on any atom is 0.103 e. The van der Waals surface area contributed by atoms with Crippen molar-refractivity contribution in [2.24, 2.45) is 5.73 Å². The van der Waals surface area contributed by atoms with Gasteiger partial charge in [-0.25, -0.2) is 0 Å². The molecular weight excluding hydrogens is 256 g/mol. The van der Waals surface area contributed by atoms with Crippen LogP contribution in [0.4, 0.5) is 0 Å². The van der Waals surface area contributed by atoms with Gasteiger partial charge in [0.1, 0.15) is 4.99 Å². The molecule has 0 spiro atoms. The molecule has 0 bridgehead atoms. The van der Waals surface area contributed by atoms with Gasteiger partial charge in [-0.1, -0.05) is 24.4 Å². The second-order valence-corrected chi connectivity index (χ2v) is 5.25. The Balaban J connectivity index is 2.04. The molecule has 0 aliphatic heterocycles. The molecule has 2 N–H and O–H groups in total. The average molecular weight is 274 g/mol. The summed E-state index contributed by atoms with van der Waals surface area (Å²) >= 11 is 4.99. The minimum absolute atomic E-state index is 0.446. The monoisotopic (exact) mass is 274 g/mol. The van der Waals surface area contributed by atoms with E-state index < -0.39 is 0 Å². The molecule has 2 aromatic rings. The molecule has 0 atom stereocenters. The van der Waals surface area contributed by atoms with Gasteiger partial charge >= 0.3 is 0 Å². The van der Waals surface area contributed by atoms with Gasteiger partial charge in [0, 0.05) is 24.2 Å².